The number of sulfonamides is 1. The third kappa shape index (κ3) is 4.35. The molecule has 31 heavy (non-hydrogen) atoms. The lowest BCUT2D eigenvalue weighted by atomic mass is 10.1. The molecule has 3 aromatic carbocycles. The Kier molecular flexibility index (Phi) is 5.84. The summed E-state index contributed by atoms with van der Waals surface area (Å²) in [4.78, 5) is 26.1. The number of benzene rings is 3. The topological polar surface area (TPSA) is 83.6 Å². The van der Waals surface area contributed by atoms with Crippen molar-refractivity contribution >= 4 is 39.3 Å². The number of carbonyl (C=O) groups excluding carboxylic acids is 2. The van der Waals surface area contributed by atoms with Crippen LogP contribution in [0.25, 0.3) is 0 Å². The van der Waals surface area contributed by atoms with Crippen LogP contribution in [0.2, 0.25) is 0 Å². The lowest BCUT2D eigenvalue weighted by Crippen LogP contribution is -2.37. The smallest absolute Gasteiger partial charge is 0.269 e. The van der Waals surface area contributed by atoms with Gasteiger partial charge in [-0.3, -0.25) is 9.59 Å². The molecule has 0 unspecified atom stereocenters. The Labute approximate surface area is 185 Å². The molecule has 0 bridgehead atoms. The van der Waals surface area contributed by atoms with E-state index in [1.165, 1.54) is 17.0 Å². The molecule has 4 rings (SSSR count). The molecule has 3 aromatic rings. The highest BCUT2D eigenvalue weighted by atomic mass is 32.2. The second-order valence-corrected chi connectivity index (χ2v) is 9.99. The number of fused-ring (bicyclic) bond motifs is 1. The SMILES string of the molecule is Cc1cc(CSc2ccccc2)ccc1NC(=O)CN1C(=O)c2ccccc2S1(=O)=O. The standard InChI is InChI=1S/C23H20N2O4S2/c1-16-13-17(15-30-18-7-3-2-4-8-18)11-12-20(16)24-22(26)14-25-23(27)19-9-5-6-10-21(19)31(25,28)29/h2-13H,14-15H2,1H3,(H,24,26). The molecule has 2 amide bonds. The van der Waals surface area contributed by atoms with E-state index in [1.807, 2.05) is 37.3 Å². The van der Waals surface area contributed by atoms with Crippen LogP contribution in [0, 0.1) is 6.92 Å². The summed E-state index contributed by atoms with van der Waals surface area (Å²) in [5.41, 5.74) is 2.64. The largest absolute Gasteiger partial charge is 0.324 e. The highest BCUT2D eigenvalue weighted by Crippen LogP contribution is 2.30. The van der Waals surface area contributed by atoms with Crippen molar-refractivity contribution in [3.05, 3.63) is 89.5 Å². The molecule has 0 radical (unpaired) electrons. The zero-order chi connectivity index (χ0) is 22.0. The summed E-state index contributed by atoms with van der Waals surface area (Å²) in [5.74, 6) is -0.465. The van der Waals surface area contributed by atoms with Crippen molar-refractivity contribution in [2.24, 2.45) is 0 Å². The Morgan fingerprint density at radius 3 is 2.42 bits per heavy atom. The highest BCUT2D eigenvalue weighted by Gasteiger charge is 2.41. The molecular formula is C23H20N2O4S2. The van der Waals surface area contributed by atoms with E-state index >= 15 is 0 Å². The van der Waals surface area contributed by atoms with Crippen LogP contribution in [0.4, 0.5) is 5.69 Å². The minimum Gasteiger partial charge on any atom is -0.324 e. The Hall–Kier alpha value is -3.10. The number of carbonyl (C=O) groups is 2. The van der Waals surface area contributed by atoms with Crippen molar-refractivity contribution < 1.29 is 18.0 Å². The van der Waals surface area contributed by atoms with Gasteiger partial charge in [-0.25, -0.2) is 12.7 Å². The van der Waals surface area contributed by atoms with Crippen molar-refractivity contribution in [2.45, 2.75) is 22.5 Å². The van der Waals surface area contributed by atoms with Gasteiger partial charge in [-0.05, 0) is 48.4 Å². The van der Waals surface area contributed by atoms with Crippen LogP contribution in [-0.2, 0) is 20.6 Å². The normalized spacial score (nSPS) is 14.4. The molecule has 0 aliphatic carbocycles. The Morgan fingerprint density at radius 2 is 1.71 bits per heavy atom. The van der Waals surface area contributed by atoms with Crippen molar-refractivity contribution in [2.75, 3.05) is 11.9 Å². The van der Waals surface area contributed by atoms with Gasteiger partial charge in [0, 0.05) is 16.3 Å². The van der Waals surface area contributed by atoms with E-state index in [9.17, 15) is 18.0 Å². The Balaban J connectivity index is 1.42. The van der Waals surface area contributed by atoms with E-state index in [-0.39, 0.29) is 10.5 Å². The molecule has 0 saturated heterocycles. The van der Waals surface area contributed by atoms with Crippen LogP contribution >= 0.6 is 11.8 Å². The minimum atomic E-state index is -4.01. The first-order valence-electron chi connectivity index (χ1n) is 9.59. The number of rotatable bonds is 6. The number of anilines is 1. The summed E-state index contributed by atoms with van der Waals surface area (Å²) in [5, 5.41) is 2.72. The Bertz CT molecular complexity index is 1260. The zero-order valence-corrected chi connectivity index (χ0v) is 18.4. The summed E-state index contributed by atoms with van der Waals surface area (Å²) >= 11 is 1.72. The first kappa shape index (κ1) is 21.1. The first-order valence-corrected chi connectivity index (χ1v) is 12.0. The van der Waals surface area contributed by atoms with Crippen LogP contribution in [0.3, 0.4) is 0 Å². The molecule has 0 fully saturated rings. The summed E-state index contributed by atoms with van der Waals surface area (Å²) in [6.45, 7) is 1.31. The lowest BCUT2D eigenvalue weighted by molar-refractivity contribution is -0.116. The maximum Gasteiger partial charge on any atom is 0.269 e. The fraction of sp³-hybridized carbons (Fsp3) is 0.130. The van der Waals surface area contributed by atoms with Gasteiger partial charge in [0.2, 0.25) is 5.91 Å². The predicted molar refractivity (Wildman–Crippen MR) is 120 cm³/mol. The number of aryl methyl sites for hydroxylation is 1. The lowest BCUT2D eigenvalue weighted by Gasteiger charge is -2.16. The van der Waals surface area contributed by atoms with Gasteiger partial charge in [-0.15, -0.1) is 11.8 Å². The molecule has 8 heteroatoms. The first-order chi connectivity index (χ1) is 14.9. The van der Waals surface area contributed by atoms with E-state index < -0.39 is 28.4 Å². The fourth-order valence-corrected chi connectivity index (χ4v) is 5.73. The van der Waals surface area contributed by atoms with Crippen LogP contribution in [0.15, 0.2) is 82.6 Å². The molecule has 0 aromatic heterocycles. The van der Waals surface area contributed by atoms with E-state index in [2.05, 4.69) is 17.4 Å². The number of nitrogens with one attached hydrogen (secondary N) is 1. The number of thioether (sulfide) groups is 1. The van der Waals surface area contributed by atoms with E-state index in [0.717, 1.165) is 16.9 Å². The van der Waals surface area contributed by atoms with E-state index in [4.69, 9.17) is 0 Å². The molecule has 1 aliphatic rings. The highest BCUT2D eigenvalue weighted by molar-refractivity contribution is 7.98. The molecule has 158 valence electrons. The Morgan fingerprint density at radius 1 is 1.00 bits per heavy atom. The van der Waals surface area contributed by atoms with E-state index in [1.54, 1.807) is 30.0 Å². The van der Waals surface area contributed by atoms with Crippen molar-refractivity contribution in [3.8, 4) is 0 Å². The monoisotopic (exact) mass is 452 g/mol. The number of nitrogens with zero attached hydrogens (tertiary/aromatic N) is 1. The quantitative estimate of drug-likeness (QED) is 0.570. The zero-order valence-electron chi connectivity index (χ0n) is 16.7. The average molecular weight is 453 g/mol. The molecule has 0 atom stereocenters. The van der Waals surface area contributed by atoms with E-state index in [0.29, 0.717) is 9.99 Å². The third-order valence-electron chi connectivity index (χ3n) is 4.91. The summed E-state index contributed by atoms with van der Waals surface area (Å²) < 4.78 is 25.8. The molecule has 1 heterocycles. The second-order valence-electron chi connectivity index (χ2n) is 7.11. The number of hydrogen-bond donors (Lipinski definition) is 1. The summed E-state index contributed by atoms with van der Waals surface area (Å²) in [6.07, 6.45) is 0. The van der Waals surface area contributed by atoms with Crippen LogP contribution < -0.4 is 5.32 Å². The summed E-state index contributed by atoms with van der Waals surface area (Å²) in [7, 11) is -4.01. The average Bonchev–Trinajstić information content (AvgIpc) is 2.96. The molecular weight excluding hydrogens is 432 g/mol. The van der Waals surface area contributed by atoms with Gasteiger partial charge in [0.15, 0.2) is 0 Å². The summed E-state index contributed by atoms with van der Waals surface area (Å²) in [6, 6.07) is 21.7. The van der Waals surface area contributed by atoms with Gasteiger partial charge < -0.3 is 5.32 Å². The molecule has 1 aliphatic heterocycles. The number of amides is 2. The van der Waals surface area contributed by atoms with Crippen molar-refractivity contribution in [3.63, 3.8) is 0 Å². The molecule has 0 saturated carbocycles. The van der Waals surface area contributed by atoms with Gasteiger partial charge in [-0.2, -0.15) is 0 Å². The van der Waals surface area contributed by atoms with Gasteiger partial charge in [0.05, 0.1) is 5.56 Å². The molecule has 0 spiro atoms. The van der Waals surface area contributed by atoms with Gasteiger partial charge in [0.25, 0.3) is 15.9 Å². The van der Waals surface area contributed by atoms with Crippen molar-refractivity contribution in [1.82, 2.24) is 4.31 Å². The van der Waals surface area contributed by atoms with Crippen LogP contribution in [-0.4, -0.2) is 31.1 Å². The second kappa shape index (κ2) is 8.56. The van der Waals surface area contributed by atoms with Crippen molar-refractivity contribution in [1.29, 1.82) is 0 Å². The van der Waals surface area contributed by atoms with Gasteiger partial charge >= 0.3 is 0 Å². The van der Waals surface area contributed by atoms with Gasteiger partial charge in [-0.1, -0.05) is 42.5 Å². The third-order valence-corrected chi connectivity index (χ3v) is 7.78. The predicted octanol–water partition coefficient (Wildman–Crippen LogP) is 4.07. The van der Waals surface area contributed by atoms with Crippen LogP contribution in [0.5, 0.6) is 0 Å². The maximum atomic E-state index is 12.6. The van der Waals surface area contributed by atoms with Crippen LogP contribution in [0.1, 0.15) is 21.5 Å². The fourth-order valence-electron chi connectivity index (χ4n) is 3.35. The maximum absolute atomic E-state index is 12.6. The van der Waals surface area contributed by atoms with Gasteiger partial charge in [0.1, 0.15) is 11.4 Å². The minimum absolute atomic E-state index is 0.0655. The molecule has 6 nitrogen and oxygen atoms in total. The number of hydrogen-bond acceptors (Lipinski definition) is 5. The molecule has 1 N–H and O–H groups in total.